The van der Waals surface area contributed by atoms with Gasteiger partial charge in [-0.25, -0.2) is 0 Å². The summed E-state index contributed by atoms with van der Waals surface area (Å²) in [6.45, 7) is 3.80. The molecule has 0 bridgehead atoms. The third-order valence-electron chi connectivity index (χ3n) is 1.87. The zero-order valence-corrected chi connectivity index (χ0v) is 8.25. The van der Waals surface area contributed by atoms with E-state index in [1.165, 1.54) is 19.3 Å². The molecule has 6 heteroatoms. The molecule has 4 nitrogen and oxygen atoms in total. The van der Waals surface area contributed by atoms with Crippen molar-refractivity contribution in [1.82, 2.24) is 9.78 Å². The molecule has 0 radical (unpaired) electrons. The van der Waals surface area contributed by atoms with E-state index in [0.29, 0.717) is 12.1 Å². The second-order valence-electron chi connectivity index (χ2n) is 2.75. The Morgan fingerprint density at radius 3 is 2.69 bits per heavy atom. The van der Waals surface area contributed by atoms with Gasteiger partial charge in [-0.15, -0.1) is 3.89 Å². The van der Waals surface area contributed by atoms with E-state index in [4.69, 9.17) is 0 Å². The Bertz CT molecular complexity index is 385. The van der Waals surface area contributed by atoms with Crippen LogP contribution in [0.3, 0.4) is 0 Å². The molecule has 0 aliphatic carbocycles. The van der Waals surface area contributed by atoms with Crippen LogP contribution in [0.1, 0.15) is 24.7 Å². The number of halogens is 1. The first-order valence-corrected chi connectivity index (χ1v) is 5.35. The van der Waals surface area contributed by atoms with Crippen molar-refractivity contribution >= 4 is 10.2 Å². The third kappa shape index (κ3) is 2.27. The highest BCUT2D eigenvalue weighted by atomic mass is 32.3. The molecule has 0 aliphatic heterocycles. The lowest BCUT2D eigenvalue weighted by Gasteiger charge is -2.01. The molecule has 74 valence electrons. The quantitative estimate of drug-likeness (QED) is 0.700. The fraction of sp³-hybridized carbons (Fsp3) is 0.571. The van der Waals surface area contributed by atoms with Gasteiger partial charge in [0, 0.05) is 18.3 Å². The minimum Gasteiger partial charge on any atom is -0.273 e. The van der Waals surface area contributed by atoms with Gasteiger partial charge in [0.05, 0.1) is 6.20 Å². The van der Waals surface area contributed by atoms with Gasteiger partial charge in [-0.2, -0.15) is 13.5 Å². The number of rotatable bonds is 3. The largest absolute Gasteiger partial charge is 0.309 e. The summed E-state index contributed by atoms with van der Waals surface area (Å²) >= 11 is 0. The van der Waals surface area contributed by atoms with E-state index in [-0.39, 0.29) is 0 Å². The summed E-state index contributed by atoms with van der Waals surface area (Å²) in [7, 11) is -4.50. The van der Waals surface area contributed by atoms with Crippen LogP contribution in [0.4, 0.5) is 3.89 Å². The summed E-state index contributed by atoms with van der Waals surface area (Å²) < 4.78 is 35.1. The van der Waals surface area contributed by atoms with Crippen molar-refractivity contribution in [3.8, 4) is 0 Å². The molecule has 1 aromatic rings. The second kappa shape index (κ2) is 3.45. The van der Waals surface area contributed by atoms with E-state index >= 15 is 0 Å². The van der Waals surface area contributed by atoms with E-state index in [1.54, 1.807) is 4.68 Å². The van der Waals surface area contributed by atoms with Crippen molar-refractivity contribution < 1.29 is 12.3 Å². The third-order valence-corrected chi connectivity index (χ3v) is 2.99. The average Bonchev–Trinajstić information content (AvgIpc) is 2.48. The van der Waals surface area contributed by atoms with Crippen LogP contribution in [0.15, 0.2) is 12.4 Å². The van der Waals surface area contributed by atoms with E-state index in [9.17, 15) is 12.3 Å². The maximum absolute atomic E-state index is 12.5. The van der Waals surface area contributed by atoms with Crippen molar-refractivity contribution in [2.24, 2.45) is 0 Å². The first-order chi connectivity index (χ1) is 5.95. The predicted octanol–water partition coefficient (Wildman–Crippen LogP) is 1.26. The van der Waals surface area contributed by atoms with Gasteiger partial charge < -0.3 is 0 Å². The molecule has 0 amide bonds. The molecule has 0 aromatic carbocycles. The lowest BCUT2D eigenvalue weighted by atomic mass is 10.3. The molecule has 1 rings (SSSR count). The van der Waals surface area contributed by atoms with Gasteiger partial charge in [-0.1, -0.05) is 0 Å². The van der Waals surface area contributed by atoms with Gasteiger partial charge >= 0.3 is 10.2 Å². The molecular formula is C7H11FN2O2S. The number of hydrogen-bond donors (Lipinski definition) is 0. The van der Waals surface area contributed by atoms with Crippen molar-refractivity contribution in [2.75, 3.05) is 0 Å². The molecule has 0 N–H and O–H groups in total. The highest BCUT2D eigenvalue weighted by molar-refractivity contribution is 7.86. The van der Waals surface area contributed by atoms with Crippen LogP contribution in [0, 0.1) is 0 Å². The molecular weight excluding hydrogens is 195 g/mol. The summed E-state index contributed by atoms with van der Waals surface area (Å²) in [5.74, 6) is 0. The molecule has 1 atom stereocenters. The SMILES string of the molecule is CCn1cc(C(C)S(=O)(=O)F)cn1. The molecule has 1 unspecified atom stereocenters. The molecule has 1 heterocycles. The standard InChI is InChI=1S/C7H11FN2O2S/c1-3-10-5-7(4-9-10)6(2)13(8,11)12/h4-6H,3H2,1-2H3. The lowest BCUT2D eigenvalue weighted by molar-refractivity contribution is 0.540. The maximum Gasteiger partial charge on any atom is 0.309 e. The molecule has 0 aliphatic rings. The Morgan fingerprint density at radius 2 is 2.31 bits per heavy atom. The normalized spacial score (nSPS) is 14.4. The Balaban J connectivity index is 2.96. The molecule has 0 fully saturated rings. The number of nitrogens with zero attached hydrogens (tertiary/aromatic N) is 2. The van der Waals surface area contributed by atoms with Crippen molar-refractivity contribution in [3.05, 3.63) is 18.0 Å². The summed E-state index contributed by atoms with van der Waals surface area (Å²) in [6.07, 6.45) is 2.90. The van der Waals surface area contributed by atoms with Crippen molar-refractivity contribution in [2.45, 2.75) is 25.6 Å². The minimum absolute atomic E-state index is 0.379. The van der Waals surface area contributed by atoms with Crippen LogP contribution in [0.5, 0.6) is 0 Å². The number of aryl methyl sites for hydroxylation is 1. The zero-order chi connectivity index (χ0) is 10.1. The first kappa shape index (κ1) is 10.2. The van der Waals surface area contributed by atoms with Gasteiger partial charge in [-0.05, 0) is 13.8 Å². The fourth-order valence-electron chi connectivity index (χ4n) is 0.925. The van der Waals surface area contributed by atoms with Gasteiger partial charge in [0.1, 0.15) is 5.25 Å². The summed E-state index contributed by atoms with van der Waals surface area (Å²) in [5.41, 5.74) is 0.379. The van der Waals surface area contributed by atoms with Crippen LogP contribution in [0.25, 0.3) is 0 Å². The van der Waals surface area contributed by atoms with Crippen LogP contribution < -0.4 is 0 Å². The van der Waals surface area contributed by atoms with E-state index in [2.05, 4.69) is 5.10 Å². The second-order valence-corrected chi connectivity index (χ2v) is 4.41. The van der Waals surface area contributed by atoms with Crippen LogP contribution in [-0.4, -0.2) is 18.2 Å². The Morgan fingerprint density at radius 1 is 1.69 bits per heavy atom. The Kier molecular flexibility index (Phi) is 2.70. The molecule has 1 aromatic heterocycles. The number of aromatic nitrogens is 2. The van der Waals surface area contributed by atoms with Crippen LogP contribution >= 0.6 is 0 Å². The molecule has 13 heavy (non-hydrogen) atoms. The Hall–Kier alpha value is -0.910. The molecule has 0 saturated carbocycles. The summed E-state index contributed by atoms with van der Waals surface area (Å²) in [6, 6.07) is 0. The van der Waals surface area contributed by atoms with E-state index in [0.717, 1.165) is 0 Å². The molecule has 0 saturated heterocycles. The maximum atomic E-state index is 12.5. The Labute approximate surface area is 76.6 Å². The lowest BCUT2D eigenvalue weighted by Crippen LogP contribution is -2.02. The highest BCUT2D eigenvalue weighted by Gasteiger charge is 2.22. The fourth-order valence-corrected chi connectivity index (χ4v) is 1.37. The average molecular weight is 206 g/mol. The van der Waals surface area contributed by atoms with Gasteiger partial charge in [-0.3, -0.25) is 4.68 Å². The van der Waals surface area contributed by atoms with E-state index < -0.39 is 15.5 Å². The minimum atomic E-state index is -4.50. The highest BCUT2D eigenvalue weighted by Crippen LogP contribution is 2.22. The number of hydrogen-bond acceptors (Lipinski definition) is 3. The van der Waals surface area contributed by atoms with E-state index in [1.807, 2.05) is 6.92 Å². The van der Waals surface area contributed by atoms with Crippen LogP contribution in [0.2, 0.25) is 0 Å². The van der Waals surface area contributed by atoms with Crippen molar-refractivity contribution in [1.29, 1.82) is 0 Å². The summed E-state index contributed by atoms with van der Waals surface area (Å²) in [5, 5.41) is 2.72. The smallest absolute Gasteiger partial charge is 0.273 e. The summed E-state index contributed by atoms with van der Waals surface area (Å²) in [4.78, 5) is 0. The molecule has 0 spiro atoms. The zero-order valence-electron chi connectivity index (χ0n) is 7.44. The van der Waals surface area contributed by atoms with Gasteiger partial charge in [0.25, 0.3) is 0 Å². The first-order valence-electron chi connectivity index (χ1n) is 3.91. The van der Waals surface area contributed by atoms with Crippen molar-refractivity contribution in [3.63, 3.8) is 0 Å². The monoisotopic (exact) mass is 206 g/mol. The topological polar surface area (TPSA) is 52.0 Å². The van der Waals surface area contributed by atoms with Crippen LogP contribution in [-0.2, 0) is 16.8 Å². The van der Waals surface area contributed by atoms with Gasteiger partial charge in [0.2, 0.25) is 0 Å². The van der Waals surface area contributed by atoms with Gasteiger partial charge in [0.15, 0.2) is 0 Å². The predicted molar refractivity (Wildman–Crippen MR) is 46.3 cm³/mol.